The number of amides is 3. The number of hydrogen-bond acceptors (Lipinski definition) is 11. The first-order chi connectivity index (χ1) is 39.8. The Balaban J connectivity index is 0.000000163. The van der Waals surface area contributed by atoms with Gasteiger partial charge in [-0.25, -0.2) is 13.2 Å². The van der Waals surface area contributed by atoms with Crippen molar-refractivity contribution in [2.24, 2.45) is 0 Å². The Bertz CT molecular complexity index is 3610. The molecule has 83 heavy (non-hydrogen) atoms. The SMILES string of the molecule is CC(C)(C)Oc1ccc(Oc2ccc(F)cc2C(=O)NC2=CC(=O)CC=C2)cc1.CCOc1ccc(Oc2ccc(F)cc2C(=O)NC2=CC(=O)CC=C2)cc1.O=C1C=C(NC(=O)c2cc(F)ccc2Oc2ccc(C3CC3)cc2)C=CC1. The normalized spacial score (nSPS) is 14.3. The average molecular weight is 1130 g/mol. The molecule has 0 aromatic heterocycles. The highest BCUT2D eigenvalue weighted by Crippen LogP contribution is 2.41. The van der Waals surface area contributed by atoms with Crippen LogP contribution >= 0.6 is 0 Å². The molecule has 10 rings (SSSR count). The van der Waals surface area contributed by atoms with E-state index in [-0.39, 0.29) is 56.9 Å². The molecule has 6 aromatic rings. The first-order valence-corrected chi connectivity index (χ1v) is 26.5. The molecular formula is C66H58F3N3O11. The van der Waals surface area contributed by atoms with Crippen molar-refractivity contribution in [3.63, 3.8) is 0 Å². The van der Waals surface area contributed by atoms with Crippen LogP contribution in [0.2, 0.25) is 0 Å². The van der Waals surface area contributed by atoms with Gasteiger partial charge in [0, 0.05) is 54.6 Å². The van der Waals surface area contributed by atoms with Crippen LogP contribution in [0.1, 0.15) is 102 Å². The molecule has 3 N–H and O–H groups in total. The van der Waals surface area contributed by atoms with E-state index in [0.29, 0.717) is 77.6 Å². The fraction of sp³-hybridized carbons (Fsp3) is 0.182. The van der Waals surface area contributed by atoms with Gasteiger partial charge in [-0.15, -0.1) is 0 Å². The second-order valence-corrected chi connectivity index (χ2v) is 20.0. The molecule has 4 aliphatic carbocycles. The molecule has 0 atom stereocenters. The van der Waals surface area contributed by atoms with E-state index in [0.717, 1.165) is 18.2 Å². The van der Waals surface area contributed by atoms with Gasteiger partial charge in [0.2, 0.25) is 0 Å². The molecule has 0 unspecified atom stereocenters. The lowest BCUT2D eigenvalue weighted by atomic mass is 10.1. The van der Waals surface area contributed by atoms with Crippen molar-refractivity contribution in [1.29, 1.82) is 0 Å². The van der Waals surface area contributed by atoms with Gasteiger partial charge >= 0.3 is 0 Å². The van der Waals surface area contributed by atoms with Crippen LogP contribution in [0.15, 0.2) is 199 Å². The molecule has 424 valence electrons. The predicted molar refractivity (Wildman–Crippen MR) is 305 cm³/mol. The van der Waals surface area contributed by atoms with E-state index < -0.39 is 35.2 Å². The lowest BCUT2D eigenvalue weighted by molar-refractivity contribution is -0.114. The lowest BCUT2D eigenvalue weighted by Gasteiger charge is -2.21. The maximum Gasteiger partial charge on any atom is 0.259 e. The molecule has 4 aliphatic rings. The smallest absolute Gasteiger partial charge is 0.259 e. The number of halogens is 3. The maximum absolute atomic E-state index is 13.8. The van der Waals surface area contributed by atoms with Crippen LogP contribution in [0.3, 0.4) is 0 Å². The van der Waals surface area contributed by atoms with Gasteiger partial charge in [-0.2, -0.15) is 0 Å². The summed E-state index contributed by atoms with van der Waals surface area (Å²) in [6, 6.07) is 32.7. The third kappa shape index (κ3) is 18.0. The first kappa shape index (κ1) is 59.1. The van der Waals surface area contributed by atoms with Crippen molar-refractivity contribution in [3.8, 4) is 46.0 Å². The molecule has 0 bridgehead atoms. The van der Waals surface area contributed by atoms with Crippen LogP contribution in [0.25, 0.3) is 0 Å². The fourth-order valence-electron chi connectivity index (χ4n) is 8.19. The minimum absolute atomic E-state index is 0.0207. The quantitative estimate of drug-likeness (QED) is 0.0838. The van der Waals surface area contributed by atoms with E-state index in [1.807, 2.05) is 52.0 Å². The Kier molecular flexibility index (Phi) is 19.5. The largest absolute Gasteiger partial charge is 0.494 e. The molecule has 0 aliphatic heterocycles. The van der Waals surface area contributed by atoms with E-state index in [2.05, 4.69) is 16.0 Å². The van der Waals surface area contributed by atoms with Gasteiger partial charge in [0.1, 0.15) is 69.0 Å². The lowest BCUT2D eigenvalue weighted by Crippen LogP contribution is -2.24. The number of ether oxygens (including phenoxy) is 5. The van der Waals surface area contributed by atoms with Crippen LogP contribution in [0, 0.1) is 17.5 Å². The number of carbonyl (C=O) groups excluding carboxylic acids is 6. The summed E-state index contributed by atoms with van der Waals surface area (Å²) in [6.45, 7) is 8.29. The molecular weight excluding hydrogens is 1070 g/mol. The Hall–Kier alpha value is -10.0. The summed E-state index contributed by atoms with van der Waals surface area (Å²) in [5.41, 5.74) is 2.14. The topological polar surface area (TPSA) is 185 Å². The first-order valence-electron chi connectivity index (χ1n) is 26.5. The minimum Gasteiger partial charge on any atom is -0.494 e. The predicted octanol–water partition coefficient (Wildman–Crippen LogP) is 13.7. The molecule has 1 fully saturated rings. The number of benzene rings is 6. The van der Waals surface area contributed by atoms with Gasteiger partial charge in [-0.05, 0) is 186 Å². The van der Waals surface area contributed by atoms with Gasteiger partial charge in [0.05, 0.1) is 23.3 Å². The second-order valence-electron chi connectivity index (χ2n) is 20.0. The van der Waals surface area contributed by atoms with E-state index in [1.54, 1.807) is 85.0 Å². The summed E-state index contributed by atoms with van der Waals surface area (Å²) in [7, 11) is 0. The van der Waals surface area contributed by atoms with Gasteiger partial charge in [-0.3, -0.25) is 28.8 Å². The fourth-order valence-corrected chi connectivity index (χ4v) is 8.19. The molecule has 14 nitrogen and oxygen atoms in total. The third-order valence-electron chi connectivity index (χ3n) is 12.1. The van der Waals surface area contributed by atoms with Gasteiger partial charge < -0.3 is 39.6 Å². The van der Waals surface area contributed by atoms with Crippen molar-refractivity contribution < 1.29 is 65.6 Å². The number of nitrogens with one attached hydrogen (secondary N) is 3. The molecule has 6 aromatic carbocycles. The summed E-state index contributed by atoms with van der Waals surface area (Å²) in [4.78, 5) is 72.2. The number of carbonyl (C=O) groups is 6. The zero-order chi connectivity index (χ0) is 59.0. The Morgan fingerprint density at radius 3 is 1.11 bits per heavy atom. The summed E-state index contributed by atoms with van der Waals surface area (Å²) >= 11 is 0. The van der Waals surface area contributed by atoms with Crippen LogP contribution < -0.4 is 39.6 Å². The van der Waals surface area contributed by atoms with Crippen LogP contribution in [0.4, 0.5) is 13.2 Å². The zero-order valence-electron chi connectivity index (χ0n) is 45.8. The van der Waals surface area contributed by atoms with Crippen molar-refractivity contribution in [2.45, 2.75) is 71.3 Å². The minimum atomic E-state index is -0.571. The van der Waals surface area contributed by atoms with Crippen molar-refractivity contribution in [2.75, 3.05) is 6.61 Å². The maximum atomic E-state index is 13.8. The van der Waals surface area contributed by atoms with Crippen LogP contribution in [-0.2, 0) is 14.4 Å². The zero-order valence-corrected chi connectivity index (χ0v) is 45.8. The molecule has 0 saturated heterocycles. The Morgan fingerprint density at radius 1 is 0.470 bits per heavy atom. The van der Waals surface area contributed by atoms with Gasteiger partial charge in [0.25, 0.3) is 17.7 Å². The summed E-state index contributed by atoms with van der Waals surface area (Å²) in [5.74, 6) is 0.513. The Labute approximate surface area is 477 Å². The number of rotatable bonds is 16. The van der Waals surface area contributed by atoms with Gasteiger partial charge in [0.15, 0.2) is 17.3 Å². The molecule has 1 saturated carbocycles. The van der Waals surface area contributed by atoms with Crippen molar-refractivity contribution in [3.05, 3.63) is 239 Å². The molecule has 0 spiro atoms. The summed E-state index contributed by atoms with van der Waals surface area (Å²) in [6.07, 6.45) is 17.3. The summed E-state index contributed by atoms with van der Waals surface area (Å²) < 4.78 is 69.7. The van der Waals surface area contributed by atoms with E-state index in [4.69, 9.17) is 23.7 Å². The number of allylic oxidation sites excluding steroid dienone is 9. The number of hydrogen-bond donors (Lipinski definition) is 3. The highest BCUT2D eigenvalue weighted by atomic mass is 19.1. The molecule has 17 heteroatoms. The molecule has 0 radical (unpaired) electrons. The third-order valence-corrected chi connectivity index (χ3v) is 12.1. The average Bonchev–Trinajstić information content (AvgIpc) is 4.39. The monoisotopic (exact) mass is 1130 g/mol. The molecule has 0 heterocycles. The molecule has 3 amide bonds. The van der Waals surface area contributed by atoms with Crippen LogP contribution in [0.5, 0.6) is 46.0 Å². The van der Waals surface area contributed by atoms with Crippen molar-refractivity contribution >= 4 is 35.1 Å². The van der Waals surface area contributed by atoms with E-state index in [1.165, 1.54) is 73.0 Å². The van der Waals surface area contributed by atoms with Gasteiger partial charge in [-0.1, -0.05) is 30.4 Å². The van der Waals surface area contributed by atoms with Crippen LogP contribution in [-0.4, -0.2) is 47.3 Å². The number of ketones is 3. The van der Waals surface area contributed by atoms with Crippen molar-refractivity contribution in [1.82, 2.24) is 16.0 Å². The highest BCUT2D eigenvalue weighted by molar-refractivity contribution is 6.02. The highest BCUT2D eigenvalue weighted by Gasteiger charge is 2.24. The second kappa shape index (κ2) is 27.4. The standard InChI is InChI=1S/C23H22FNO4.C22H18FNO3.C21H18FNO4/c1-23(2,3)29-19-10-8-18(9-11-19)28-21-12-7-15(24)13-20(21)22(27)25-16-5-4-6-17(26)14-16;23-16-8-11-21(27-19-9-6-15(7-10-19)14-4-5-14)20(12-16)22(26)24-17-2-1-3-18(25)13-17;1-2-26-17-7-9-18(10-8-17)27-20-11-6-14(22)12-19(20)21(25)23-15-4-3-5-16(24)13-15/h4-5,7-14H,6H2,1-3H3,(H,25,27);1-2,6-14H,3-5H2,(H,24,26);3-4,6-13H,2,5H2,1H3,(H,23,25). The van der Waals surface area contributed by atoms with E-state index >= 15 is 0 Å². The summed E-state index contributed by atoms with van der Waals surface area (Å²) in [5, 5.41) is 7.81. The van der Waals surface area contributed by atoms with E-state index in [9.17, 15) is 41.9 Å². The Morgan fingerprint density at radius 2 is 0.795 bits per heavy atom.